The van der Waals surface area contributed by atoms with Crippen LogP contribution in [-0.2, 0) is 6.42 Å². The van der Waals surface area contributed by atoms with Gasteiger partial charge >= 0.3 is 0 Å². The predicted octanol–water partition coefficient (Wildman–Crippen LogP) is 2.26. The number of hydrogen-bond donors (Lipinski definition) is 1. The molecular weight excluding hydrogens is 167 g/mol. The van der Waals surface area contributed by atoms with Gasteiger partial charge in [0.1, 0.15) is 6.17 Å². The Labute approximate surface area is 78.2 Å². The highest BCUT2D eigenvalue weighted by Gasteiger charge is 2.13. The molecule has 0 heterocycles. The summed E-state index contributed by atoms with van der Waals surface area (Å²) in [4.78, 5) is 0. The van der Waals surface area contributed by atoms with Crippen molar-refractivity contribution in [2.75, 3.05) is 0 Å². The topological polar surface area (TPSA) is 20.2 Å². The Balaban J connectivity index is 2.64. The monoisotopic (exact) mass is 182 g/mol. The highest BCUT2D eigenvalue weighted by molar-refractivity contribution is 5.22. The Morgan fingerprint density at radius 3 is 2.69 bits per heavy atom. The highest BCUT2D eigenvalue weighted by atomic mass is 19.1. The van der Waals surface area contributed by atoms with Gasteiger partial charge in [-0.3, -0.25) is 0 Å². The van der Waals surface area contributed by atoms with Gasteiger partial charge in [0, 0.05) is 6.42 Å². The van der Waals surface area contributed by atoms with Crippen LogP contribution in [0.5, 0.6) is 0 Å². The van der Waals surface area contributed by atoms with Gasteiger partial charge in [-0.25, -0.2) is 4.39 Å². The van der Waals surface area contributed by atoms with E-state index in [1.807, 2.05) is 31.2 Å². The summed E-state index contributed by atoms with van der Waals surface area (Å²) in [6.07, 6.45) is -1.76. The molecule has 0 bridgehead atoms. The normalized spacial score (nSPS) is 15.4. The zero-order chi connectivity index (χ0) is 9.84. The van der Waals surface area contributed by atoms with Crippen molar-refractivity contribution in [1.82, 2.24) is 0 Å². The standard InChI is InChI=1S/C11H15FO/c1-8-4-3-5-10(6-8)7-11(12)9(2)13/h3-6,9,11,13H,7H2,1-2H3. The summed E-state index contributed by atoms with van der Waals surface area (Å²) in [5, 5.41) is 8.98. The molecule has 1 N–H and O–H groups in total. The minimum absolute atomic E-state index is 0.291. The first-order chi connectivity index (χ1) is 6.09. The van der Waals surface area contributed by atoms with Crippen molar-refractivity contribution < 1.29 is 9.50 Å². The average molecular weight is 182 g/mol. The number of rotatable bonds is 3. The van der Waals surface area contributed by atoms with E-state index in [9.17, 15) is 4.39 Å². The van der Waals surface area contributed by atoms with Crippen LogP contribution >= 0.6 is 0 Å². The molecule has 0 fully saturated rings. The minimum Gasteiger partial charge on any atom is -0.390 e. The van der Waals surface area contributed by atoms with Gasteiger partial charge in [0.05, 0.1) is 6.10 Å². The van der Waals surface area contributed by atoms with E-state index < -0.39 is 12.3 Å². The van der Waals surface area contributed by atoms with Crippen LogP contribution in [0.3, 0.4) is 0 Å². The van der Waals surface area contributed by atoms with Gasteiger partial charge in [-0.1, -0.05) is 29.8 Å². The molecule has 0 aliphatic rings. The first-order valence-electron chi connectivity index (χ1n) is 4.47. The Hall–Kier alpha value is -0.890. The van der Waals surface area contributed by atoms with E-state index in [-0.39, 0.29) is 0 Å². The van der Waals surface area contributed by atoms with E-state index in [0.717, 1.165) is 11.1 Å². The van der Waals surface area contributed by atoms with Crippen molar-refractivity contribution in [3.05, 3.63) is 35.4 Å². The molecule has 13 heavy (non-hydrogen) atoms. The molecule has 1 aromatic rings. The third-order valence-corrected chi connectivity index (χ3v) is 2.04. The van der Waals surface area contributed by atoms with Crippen LogP contribution in [0.2, 0.25) is 0 Å². The molecule has 0 aromatic heterocycles. The van der Waals surface area contributed by atoms with Crippen LogP contribution < -0.4 is 0 Å². The van der Waals surface area contributed by atoms with Gasteiger partial charge in [-0.05, 0) is 19.4 Å². The maximum Gasteiger partial charge on any atom is 0.130 e. The third-order valence-electron chi connectivity index (χ3n) is 2.04. The molecule has 2 unspecified atom stereocenters. The number of benzene rings is 1. The van der Waals surface area contributed by atoms with Crippen LogP contribution in [-0.4, -0.2) is 17.4 Å². The van der Waals surface area contributed by atoms with Gasteiger partial charge < -0.3 is 5.11 Å². The molecule has 0 saturated heterocycles. The van der Waals surface area contributed by atoms with Crippen LogP contribution in [0.4, 0.5) is 4.39 Å². The molecule has 0 amide bonds. The van der Waals surface area contributed by atoms with Crippen molar-refractivity contribution in [2.45, 2.75) is 32.5 Å². The Morgan fingerprint density at radius 1 is 1.46 bits per heavy atom. The number of aliphatic hydroxyl groups is 1. The smallest absolute Gasteiger partial charge is 0.130 e. The van der Waals surface area contributed by atoms with Crippen LogP contribution in [0, 0.1) is 6.92 Å². The zero-order valence-corrected chi connectivity index (χ0v) is 8.00. The van der Waals surface area contributed by atoms with Gasteiger partial charge in [0.15, 0.2) is 0 Å². The van der Waals surface area contributed by atoms with Gasteiger partial charge in [-0.15, -0.1) is 0 Å². The van der Waals surface area contributed by atoms with Crippen LogP contribution in [0.1, 0.15) is 18.1 Å². The lowest BCUT2D eigenvalue weighted by molar-refractivity contribution is 0.0932. The summed E-state index contributed by atoms with van der Waals surface area (Å²) in [7, 11) is 0. The second kappa shape index (κ2) is 4.38. The number of hydrogen-bond acceptors (Lipinski definition) is 1. The Kier molecular flexibility index (Phi) is 3.43. The molecule has 2 heteroatoms. The summed E-state index contributed by atoms with van der Waals surface area (Å²) < 4.78 is 13.1. The van der Waals surface area contributed by atoms with E-state index in [2.05, 4.69) is 0 Å². The summed E-state index contributed by atoms with van der Waals surface area (Å²) in [5.41, 5.74) is 2.06. The number of aliphatic hydroxyl groups excluding tert-OH is 1. The fourth-order valence-corrected chi connectivity index (χ4v) is 1.23. The number of alkyl halides is 1. The second-order valence-corrected chi connectivity index (χ2v) is 3.45. The number of aryl methyl sites for hydroxylation is 1. The fourth-order valence-electron chi connectivity index (χ4n) is 1.23. The van der Waals surface area contributed by atoms with Crippen molar-refractivity contribution in [1.29, 1.82) is 0 Å². The van der Waals surface area contributed by atoms with Crippen molar-refractivity contribution in [2.24, 2.45) is 0 Å². The summed E-state index contributed by atoms with van der Waals surface area (Å²) in [5.74, 6) is 0. The van der Waals surface area contributed by atoms with Gasteiger partial charge in [-0.2, -0.15) is 0 Å². The van der Waals surface area contributed by atoms with Crippen molar-refractivity contribution >= 4 is 0 Å². The lowest BCUT2D eigenvalue weighted by Gasteiger charge is -2.10. The minimum atomic E-state index is -1.17. The molecule has 1 aromatic carbocycles. The third kappa shape index (κ3) is 3.15. The molecule has 1 nitrogen and oxygen atoms in total. The Morgan fingerprint density at radius 2 is 2.15 bits per heavy atom. The van der Waals surface area contributed by atoms with Gasteiger partial charge in [0.2, 0.25) is 0 Å². The quantitative estimate of drug-likeness (QED) is 0.760. The predicted molar refractivity (Wildman–Crippen MR) is 51.5 cm³/mol. The van der Waals surface area contributed by atoms with Crippen molar-refractivity contribution in [3.63, 3.8) is 0 Å². The van der Waals surface area contributed by atoms with E-state index in [0.29, 0.717) is 6.42 Å². The van der Waals surface area contributed by atoms with Crippen LogP contribution in [0.15, 0.2) is 24.3 Å². The summed E-state index contributed by atoms with van der Waals surface area (Å²) in [6.45, 7) is 3.44. The average Bonchev–Trinajstić information content (AvgIpc) is 2.04. The van der Waals surface area contributed by atoms with E-state index in [1.165, 1.54) is 6.92 Å². The fraction of sp³-hybridized carbons (Fsp3) is 0.455. The zero-order valence-electron chi connectivity index (χ0n) is 8.00. The second-order valence-electron chi connectivity index (χ2n) is 3.45. The van der Waals surface area contributed by atoms with E-state index in [4.69, 9.17) is 5.11 Å². The lowest BCUT2D eigenvalue weighted by Crippen LogP contribution is -2.20. The number of halogens is 1. The van der Waals surface area contributed by atoms with Crippen molar-refractivity contribution in [3.8, 4) is 0 Å². The summed E-state index contributed by atoms with van der Waals surface area (Å²) in [6, 6.07) is 7.69. The largest absolute Gasteiger partial charge is 0.390 e. The maximum absolute atomic E-state index is 13.1. The molecule has 0 spiro atoms. The van der Waals surface area contributed by atoms with Crippen LogP contribution in [0.25, 0.3) is 0 Å². The Bertz CT molecular complexity index is 271. The summed E-state index contributed by atoms with van der Waals surface area (Å²) >= 11 is 0. The molecule has 0 aliphatic carbocycles. The highest BCUT2D eigenvalue weighted by Crippen LogP contribution is 2.10. The van der Waals surface area contributed by atoms with E-state index in [1.54, 1.807) is 0 Å². The molecule has 0 radical (unpaired) electrons. The molecule has 72 valence electrons. The van der Waals surface area contributed by atoms with E-state index >= 15 is 0 Å². The molecule has 0 aliphatic heterocycles. The lowest BCUT2D eigenvalue weighted by atomic mass is 10.0. The molecule has 1 rings (SSSR count). The first kappa shape index (κ1) is 10.2. The molecular formula is C11H15FO. The molecule has 0 saturated carbocycles. The van der Waals surface area contributed by atoms with Gasteiger partial charge in [0.25, 0.3) is 0 Å². The molecule has 2 atom stereocenters. The first-order valence-corrected chi connectivity index (χ1v) is 4.47. The maximum atomic E-state index is 13.1. The SMILES string of the molecule is Cc1cccc(CC(F)C(C)O)c1.